The van der Waals surface area contributed by atoms with Gasteiger partial charge in [-0.05, 0) is 37.0 Å². The molecular weight excluding hydrogens is 324 g/mol. The highest BCUT2D eigenvalue weighted by atomic mass is 16.2. The van der Waals surface area contributed by atoms with Crippen molar-refractivity contribution in [3.05, 3.63) is 77.9 Å². The van der Waals surface area contributed by atoms with Crippen LogP contribution >= 0.6 is 0 Å². The number of imide groups is 1. The van der Waals surface area contributed by atoms with E-state index in [0.717, 1.165) is 37.1 Å². The van der Waals surface area contributed by atoms with Crippen LogP contribution in [0.25, 0.3) is 0 Å². The highest BCUT2D eigenvalue weighted by Gasteiger charge is 2.38. The van der Waals surface area contributed by atoms with Gasteiger partial charge in [0.05, 0.1) is 12.6 Å². The van der Waals surface area contributed by atoms with E-state index in [4.69, 9.17) is 0 Å². The van der Waals surface area contributed by atoms with E-state index in [1.807, 2.05) is 48.5 Å². The van der Waals surface area contributed by atoms with Crippen molar-refractivity contribution in [1.29, 1.82) is 0 Å². The first-order valence-corrected chi connectivity index (χ1v) is 9.17. The zero-order valence-corrected chi connectivity index (χ0v) is 14.7. The molecule has 1 saturated heterocycles. The fourth-order valence-electron chi connectivity index (χ4n) is 3.87. The van der Waals surface area contributed by atoms with Crippen molar-refractivity contribution >= 4 is 17.5 Å². The lowest BCUT2D eigenvalue weighted by molar-refractivity contribution is -0.138. The molecule has 0 N–H and O–H groups in total. The second-order valence-electron chi connectivity index (χ2n) is 6.86. The monoisotopic (exact) mass is 346 g/mol. The van der Waals surface area contributed by atoms with E-state index in [2.05, 4.69) is 17.0 Å². The summed E-state index contributed by atoms with van der Waals surface area (Å²) in [6, 6.07) is 19.8. The summed E-state index contributed by atoms with van der Waals surface area (Å²) in [6.45, 7) is 1.24. The number of para-hydroxylation sites is 1. The fourth-order valence-corrected chi connectivity index (χ4v) is 3.87. The summed E-state index contributed by atoms with van der Waals surface area (Å²) >= 11 is 0. The third-order valence-electron chi connectivity index (χ3n) is 5.17. The first kappa shape index (κ1) is 16.6. The topological polar surface area (TPSA) is 40.6 Å². The number of anilines is 1. The quantitative estimate of drug-likeness (QED) is 0.795. The van der Waals surface area contributed by atoms with E-state index in [9.17, 15) is 9.59 Å². The predicted molar refractivity (Wildman–Crippen MR) is 102 cm³/mol. The van der Waals surface area contributed by atoms with Gasteiger partial charge in [-0.2, -0.15) is 0 Å². The molecule has 4 nitrogen and oxygen atoms in total. The number of benzene rings is 2. The molecule has 4 rings (SSSR count). The van der Waals surface area contributed by atoms with Crippen LogP contribution in [0.15, 0.2) is 72.3 Å². The van der Waals surface area contributed by atoms with Crippen LogP contribution in [0.5, 0.6) is 0 Å². The van der Waals surface area contributed by atoms with Gasteiger partial charge in [-0.1, -0.05) is 48.5 Å². The maximum atomic E-state index is 13.0. The molecule has 132 valence electrons. The van der Waals surface area contributed by atoms with Crippen molar-refractivity contribution < 1.29 is 9.59 Å². The van der Waals surface area contributed by atoms with E-state index in [1.165, 1.54) is 4.90 Å². The van der Waals surface area contributed by atoms with Crippen LogP contribution < -0.4 is 4.90 Å². The van der Waals surface area contributed by atoms with Crippen LogP contribution in [0.2, 0.25) is 0 Å². The largest absolute Gasteiger partial charge is 0.364 e. The van der Waals surface area contributed by atoms with Gasteiger partial charge < -0.3 is 4.90 Å². The maximum absolute atomic E-state index is 13.0. The average molecular weight is 346 g/mol. The van der Waals surface area contributed by atoms with Gasteiger partial charge in [0.2, 0.25) is 0 Å². The van der Waals surface area contributed by atoms with E-state index in [1.54, 1.807) is 6.08 Å². The SMILES string of the molecule is O=C1C=C(C2CCCCN2c2ccccc2)C(=O)N1Cc1ccccc1. The maximum Gasteiger partial charge on any atom is 0.259 e. The molecule has 0 saturated carbocycles. The highest BCUT2D eigenvalue weighted by Crippen LogP contribution is 2.32. The van der Waals surface area contributed by atoms with E-state index in [-0.39, 0.29) is 17.9 Å². The number of carbonyl (C=O) groups excluding carboxylic acids is 2. The molecule has 2 aromatic rings. The lowest BCUT2D eigenvalue weighted by Gasteiger charge is -2.38. The lowest BCUT2D eigenvalue weighted by Crippen LogP contribution is -2.43. The molecule has 2 aromatic carbocycles. The van der Waals surface area contributed by atoms with Gasteiger partial charge in [-0.15, -0.1) is 0 Å². The molecule has 0 bridgehead atoms. The summed E-state index contributed by atoms with van der Waals surface area (Å²) in [5, 5.41) is 0. The van der Waals surface area contributed by atoms with Crippen molar-refractivity contribution in [2.24, 2.45) is 0 Å². The van der Waals surface area contributed by atoms with Crippen LogP contribution in [0, 0.1) is 0 Å². The van der Waals surface area contributed by atoms with Crippen molar-refractivity contribution in [2.75, 3.05) is 11.4 Å². The molecule has 2 aliphatic heterocycles. The van der Waals surface area contributed by atoms with Crippen molar-refractivity contribution in [3.8, 4) is 0 Å². The van der Waals surface area contributed by atoms with Crippen LogP contribution in [-0.4, -0.2) is 29.3 Å². The molecule has 0 aliphatic carbocycles. The number of amides is 2. The molecule has 2 aliphatic rings. The van der Waals surface area contributed by atoms with Gasteiger partial charge in [0.15, 0.2) is 0 Å². The van der Waals surface area contributed by atoms with Gasteiger partial charge >= 0.3 is 0 Å². The van der Waals surface area contributed by atoms with Crippen molar-refractivity contribution in [1.82, 2.24) is 4.90 Å². The zero-order valence-electron chi connectivity index (χ0n) is 14.7. The van der Waals surface area contributed by atoms with Crippen molar-refractivity contribution in [2.45, 2.75) is 31.8 Å². The zero-order chi connectivity index (χ0) is 17.9. The third kappa shape index (κ3) is 3.15. The molecule has 26 heavy (non-hydrogen) atoms. The fraction of sp³-hybridized carbons (Fsp3) is 0.273. The van der Waals surface area contributed by atoms with E-state index in [0.29, 0.717) is 12.1 Å². The Kier molecular flexibility index (Phi) is 4.57. The predicted octanol–water partition coefficient (Wildman–Crippen LogP) is 3.54. The van der Waals surface area contributed by atoms with Crippen LogP contribution in [0.3, 0.4) is 0 Å². The van der Waals surface area contributed by atoms with E-state index < -0.39 is 0 Å². The van der Waals surface area contributed by atoms with Gasteiger partial charge in [0, 0.05) is 23.9 Å². The van der Waals surface area contributed by atoms with Gasteiger partial charge in [-0.25, -0.2) is 0 Å². The number of hydrogen-bond donors (Lipinski definition) is 0. The summed E-state index contributed by atoms with van der Waals surface area (Å²) in [5.74, 6) is -0.348. The van der Waals surface area contributed by atoms with E-state index >= 15 is 0 Å². The van der Waals surface area contributed by atoms with Gasteiger partial charge in [0.1, 0.15) is 0 Å². The second kappa shape index (κ2) is 7.16. The second-order valence-corrected chi connectivity index (χ2v) is 6.86. The molecule has 0 aromatic heterocycles. The Labute approximate surface area is 153 Å². The molecule has 1 fully saturated rings. The molecular formula is C22H22N2O2. The summed E-state index contributed by atoms with van der Waals surface area (Å²) in [5.41, 5.74) is 2.71. The van der Waals surface area contributed by atoms with Gasteiger partial charge in [-0.3, -0.25) is 14.5 Å². The highest BCUT2D eigenvalue weighted by molar-refractivity contribution is 6.17. The minimum absolute atomic E-state index is 0.0247. The Morgan fingerprint density at radius 3 is 2.31 bits per heavy atom. The Hall–Kier alpha value is -2.88. The number of hydrogen-bond acceptors (Lipinski definition) is 3. The number of rotatable bonds is 4. The minimum atomic E-state index is -0.201. The summed E-state index contributed by atoms with van der Waals surface area (Å²) in [4.78, 5) is 29.1. The minimum Gasteiger partial charge on any atom is -0.364 e. The molecule has 4 heteroatoms. The summed E-state index contributed by atoms with van der Waals surface area (Å²) in [6.07, 6.45) is 4.64. The summed E-state index contributed by atoms with van der Waals surface area (Å²) in [7, 11) is 0. The molecule has 0 radical (unpaired) electrons. The first-order valence-electron chi connectivity index (χ1n) is 9.17. The Morgan fingerprint density at radius 2 is 1.58 bits per heavy atom. The van der Waals surface area contributed by atoms with Crippen molar-refractivity contribution in [3.63, 3.8) is 0 Å². The summed E-state index contributed by atoms with van der Waals surface area (Å²) < 4.78 is 0. The Bertz CT molecular complexity index is 830. The molecule has 1 atom stereocenters. The first-order chi connectivity index (χ1) is 12.7. The Morgan fingerprint density at radius 1 is 0.885 bits per heavy atom. The number of piperidine rings is 1. The molecule has 1 unspecified atom stereocenters. The van der Waals surface area contributed by atoms with Crippen LogP contribution in [0.4, 0.5) is 5.69 Å². The van der Waals surface area contributed by atoms with Gasteiger partial charge in [0.25, 0.3) is 11.8 Å². The third-order valence-corrected chi connectivity index (χ3v) is 5.17. The number of carbonyl (C=O) groups is 2. The normalized spacial score (nSPS) is 20.5. The standard InChI is InChI=1S/C22H22N2O2/c25-21-15-19(22(26)24(21)16-17-9-3-1-4-10-17)20-13-7-8-14-23(20)18-11-5-2-6-12-18/h1-6,9-12,15,20H,7-8,13-14,16H2. The lowest BCUT2D eigenvalue weighted by atomic mass is 9.94. The molecule has 2 amide bonds. The Balaban J connectivity index is 1.57. The molecule has 2 heterocycles. The smallest absolute Gasteiger partial charge is 0.259 e. The van der Waals surface area contributed by atoms with Crippen LogP contribution in [0.1, 0.15) is 24.8 Å². The van der Waals surface area contributed by atoms with Crippen LogP contribution in [-0.2, 0) is 16.1 Å². The average Bonchev–Trinajstić information content (AvgIpc) is 2.98. The number of nitrogens with zero attached hydrogens (tertiary/aromatic N) is 2. The molecule has 0 spiro atoms.